The van der Waals surface area contributed by atoms with Crippen LogP contribution in [0.5, 0.6) is 5.75 Å². The van der Waals surface area contributed by atoms with Crippen molar-refractivity contribution >= 4 is 5.97 Å². The van der Waals surface area contributed by atoms with Gasteiger partial charge in [0.15, 0.2) is 0 Å². The van der Waals surface area contributed by atoms with Crippen molar-refractivity contribution < 1.29 is 27.8 Å². The number of ether oxygens (including phenoxy) is 1. The number of benzene rings is 2. The fraction of sp³-hybridized carbons (Fsp3) is 0.519. The van der Waals surface area contributed by atoms with Gasteiger partial charge in [0, 0.05) is 19.6 Å². The number of rotatable bonds is 7. The molecule has 2 aromatic rings. The lowest BCUT2D eigenvalue weighted by Crippen LogP contribution is -2.49. The molecule has 0 spiro atoms. The second kappa shape index (κ2) is 9.98. The van der Waals surface area contributed by atoms with Crippen molar-refractivity contribution in [2.24, 2.45) is 5.92 Å². The summed E-state index contributed by atoms with van der Waals surface area (Å²) < 4.78 is 47.5. The van der Waals surface area contributed by atoms with Crippen LogP contribution in [-0.4, -0.2) is 29.1 Å². The van der Waals surface area contributed by atoms with Gasteiger partial charge in [-0.2, -0.15) is 13.2 Å². The van der Waals surface area contributed by atoms with Crippen LogP contribution in [0.25, 0.3) is 0 Å². The van der Waals surface area contributed by atoms with E-state index in [1.807, 2.05) is 26.0 Å². The van der Waals surface area contributed by atoms with Crippen LogP contribution < -0.4 is 4.74 Å². The van der Waals surface area contributed by atoms with E-state index in [9.17, 15) is 18.0 Å². The number of carboxylic acid groups (broad SMARTS) is 1. The fourth-order valence-electron chi connectivity index (χ4n) is 5.34. The second-order valence-corrected chi connectivity index (χ2v) is 9.83. The predicted octanol–water partition coefficient (Wildman–Crippen LogP) is 6.47. The summed E-state index contributed by atoms with van der Waals surface area (Å²) in [6, 6.07) is 8.68. The van der Waals surface area contributed by atoms with Gasteiger partial charge in [0.05, 0.1) is 11.5 Å². The first kappa shape index (κ1) is 24.6. The molecule has 1 aliphatic heterocycles. The highest BCUT2D eigenvalue weighted by atomic mass is 19.4. The first-order valence-electron chi connectivity index (χ1n) is 12.0. The third-order valence-corrected chi connectivity index (χ3v) is 7.08. The molecule has 4 nitrogen and oxygen atoms in total. The summed E-state index contributed by atoms with van der Waals surface area (Å²) in [7, 11) is 0. The standard InChI is InChI=1S/C27H32F3NO3/c1-17-10-20(13-31-14-22(15-31)26(32)33)11-18(2)25(17)34-16-19-8-9-23(21-6-4-3-5-7-21)24(12-19)27(28,29)30/h8-12,21-22H,3-7,13-16H2,1-2H3,(H,32,33). The van der Waals surface area contributed by atoms with Crippen molar-refractivity contribution in [1.29, 1.82) is 0 Å². The molecule has 0 bridgehead atoms. The van der Waals surface area contributed by atoms with Gasteiger partial charge in [-0.25, -0.2) is 0 Å². The summed E-state index contributed by atoms with van der Waals surface area (Å²) in [6.07, 6.45) is 0.323. The Bertz CT molecular complexity index is 1010. The minimum Gasteiger partial charge on any atom is -0.488 e. The van der Waals surface area contributed by atoms with Gasteiger partial charge in [0.1, 0.15) is 12.4 Å². The molecule has 0 amide bonds. The molecule has 1 N–H and O–H groups in total. The van der Waals surface area contributed by atoms with Crippen LogP contribution in [-0.2, 0) is 24.1 Å². The molecule has 0 aromatic heterocycles. The van der Waals surface area contributed by atoms with E-state index in [1.165, 1.54) is 6.07 Å². The number of carboxylic acids is 1. The highest BCUT2D eigenvalue weighted by molar-refractivity contribution is 5.71. The molecule has 184 valence electrons. The molecule has 1 saturated carbocycles. The Morgan fingerprint density at radius 3 is 2.26 bits per heavy atom. The Hall–Kier alpha value is -2.54. The van der Waals surface area contributed by atoms with Gasteiger partial charge in [-0.15, -0.1) is 0 Å². The number of nitrogens with zero attached hydrogens (tertiary/aromatic N) is 1. The molecule has 7 heteroatoms. The minimum absolute atomic E-state index is 0.0189. The topological polar surface area (TPSA) is 49.8 Å². The molecule has 0 atom stereocenters. The quantitative estimate of drug-likeness (QED) is 0.499. The maximum atomic E-state index is 13.8. The van der Waals surface area contributed by atoms with Crippen LogP contribution in [0.4, 0.5) is 13.2 Å². The van der Waals surface area contributed by atoms with Gasteiger partial charge in [0.2, 0.25) is 0 Å². The zero-order valence-electron chi connectivity index (χ0n) is 19.8. The summed E-state index contributed by atoms with van der Waals surface area (Å²) in [5.41, 5.74) is 3.31. The molecule has 4 rings (SSSR count). The van der Waals surface area contributed by atoms with E-state index in [0.717, 1.165) is 48.8 Å². The van der Waals surface area contributed by atoms with Crippen molar-refractivity contribution in [1.82, 2.24) is 4.90 Å². The van der Waals surface area contributed by atoms with Gasteiger partial charge in [0.25, 0.3) is 0 Å². The third-order valence-electron chi connectivity index (χ3n) is 7.08. The van der Waals surface area contributed by atoms with Gasteiger partial charge >= 0.3 is 12.1 Å². The van der Waals surface area contributed by atoms with Gasteiger partial charge < -0.3 is 9.84 Å². The first-order chi connectivity index (χ1) is 16.1. The first-order valence-corrected chi connectivity index (χ1v) is 12.0. The predicted molar refractivity (Wildman–Crippen MR) is 124 cm³/mol. The van der Waals surface area contributed by atoms with E-state index in [1.54, 1.807) is 12.1 Å². The highest BCUT2D eigenvalue weighted by Crippen LogP contribution is 2.41. The number of likely N-dealkylation sites (tertiary alicyclic amines) is 1. The Morgan fingerprint density at radius 2 is 1.68 bits per heavy atom. The van der Waals surface area contributed by atoms with Crippen LogP contribution in [0, 0.1) is 19.8 Å². The third kappa shape index (κ3) is 5.57. The summed E-state index contributed by atoms with van der Waals surface area (Å²) in [6.45, 7) is 5.68. The second-order valence-electron chi connectivity index (χ2n) is 9.83. The van der Waals surface area contributed by atoms with Gasteiger partial charge in [-0.05, 0) is 66.5 Å². The zero-order valence-corrected chi connectivity index (χ0v) is 19.8. The highest BCUT2D eigenvalue weighted by Gasteiger charge is 2.36. The molecular formula is C27H32F3NO3. The van der Waals surface area contributed by atoms with Crippen molar-refractivity contribution in [3.8, 4) is 5.75 Å². The molecular weight excluding hydrogens is 443 g/mol. The van der Waals surface area contributed by atoms with E-state index in [-0.39, 0.29) is 18.4 Å². The van der Waals surface area contributed by atoms with Crippen LogP contribution in [0.15, 0.2) is 30.3 Å². The molecule has 2 aromatic carbocycles. The number of carbonyl (C=O) groups is 1. The number of alkyl halides is 3. The normalized spacial score (nSPS) is 18.0. The number of halogens is 3. The summed E-state index contributed by atoms with van der Waals surface area (Å²) in [4.78, 5) is 13.1. The van der Waals surface area contributed by atoms with Crippen molar-refractivity contribution in [3.05, 3.63) is 63.7 Å². The van der Waals surface area contributed by atoms with Crippen molar-refractivity contribution in [2.45, 2.75) is 71.2 Å². The number of hydrogen-bond acceptors (Lipinski definition) is 3. The average Bonchev–Trinajstić information content (AvgIpc) is 2.75. The molecule has 1 heterocycles. The summed E-state index contributed by atoms with van der Waals surface area (Å²) in [5.74, 6) is -0.390. The lowest BCUT2D eigenvalue weighted by atomic mass is 9.81. The van der Waals surface area contributed by atoms with E-state index in [4.69, 9.17) is 9.84 Å². The minimum atomic E-state index is -4.38. The van der Waals surface area contributed by atoms with Crippen LogP contribution in [0.2, 0.25) is 0 Å². The smallest absolute Gasteiger partial charge is 0.416 e. The van der Waals surface area contributed by atoms with Crippen molar-refractivity contribution in [2.75, 3.05) is 13.1 Å². The SMILES string of the molecule is Cc1cc(CN2CC(C(=O)O)C2)cc(C)c1OCc1ccc(C2CCCCC2)c(C(F)(F)F)c1. The molecule has 34 heavy (non-hydrogen) atoms. The van der Waals surface area contributed by atoms with Crippen LogP contribution >= 0.6 is 0 Å². The Kier molecular flexibility index (Phi) is 7.22. The maximum Gasteiger partial charge on any atom is 0.416 e. The molecule has 1 aliphatic carbocycles. The van der Waals surface area contributed by atoms with E-state index < -0.39 is 17.7 Å². The lowest BCUT2D eigenvalue weighted by Gasteiger charge is -2.36. The Balaban J connectivity index is 1.45. The van der Waals surface area contributed by atoms with Crippen LogP contribution in [0.1, 0.15) is 71.4 Å². The van der Waals surface area contributed by atoms with Gasteiger partial charge in [-0.3, -0.25) is 9.69 Å². The zero-order chi connectivity index (χ0) is 24.5. The summed E-state index contributed by atoms with van der Waals surface area (Å²) in [5, 5.41) is 9.03. The summed E-state index contributed by atoms with van der Waals surface area (Å²) >= 11 is 0. The number of aliphatic carboxylic acids is 1. The number of hydrogen-bond donors (Lipinski definition) is 1. The molecule has 0 unspecified atom stereocenters. The van der Waals surface area contributed by atoms with Crippen LogP contribution in [0.3, 0.4) is 0 Å². The Labute approximate surface area is 198 Å². The maximum absolute atomic E-state index is 13.8. The largest absolute Gasteiger partial charge is 0.488 e. The van der Waals surface area contributed by atoms with Gasteiger partial charge in [-0.1, -0.05) is 43.5 Å². The van der Waals surface area contributed by atoms with E-state index in [2.05, 4.69) is 4.90 Å². The number of aryl methyl sites for hydroxylation is 2. The Morgan fingerprint density at radius 1 is 1.03 bits per heavy atom. The van der Waals surface area contributed by atoms with E-state index >= 15 is 0 Å². The monoisotopic (exact) mass is 475 g/mol. The fourth-order valence-corrected chi connectivity index (χ4v) is 5.34. The van der Waals surface area contributed by atoms with E-state index in [0.29, 0.717) is 36.5 Å². The molecule has 1 saturated heterocycles. The molecule has 0 radical (unpaired) electrons. The average molecular weight is 476 g/mol. The van der Waals surface area contributed by atoms with Crippen molar-refractivity contribution in [3.63, 3.8) is 0 Å². The molecule has 2 fully saturated rings. The molecule has 2 aliphatic rings. The lowest BCUT2D eigenvalue weighted by molar-refractivity contribution is -0.147.